The summed E-state index contributed by atoms with van der Waals surface area (Å²) in [6.07, 6.45) is 2.84. The van der Waals surface area contributed by atoms with Crippen molar-refractivity contribution in [1.82, 2.24) is 10.2 Å². The van der Waals surface area contributed by atoms with E-state index in [1.54, 1.807) is 17.5 Å². The van der Waals surface area contributed by atoms with E-state index < -0.39 is 0 Å². The van der Waals surface area contributed by atoms with Gasteiger partial charge in [0.15, 0.2) is 0 Å². The minimum atomic E-state index is 0.326. The van der Waals surface area contributed by atoms with Gasteiger partial charge in [0, 0.05) is 10.3 Å². The van der Waals surface area contributed by atoms with Gasteiger partial charge in [-0.1, -0.05) is 31.2 Å². The minimum absolute atomic E-state index is 0.326. The van der Waals surface area contributed by atoms with Crippen LogP contribution in [0.4, 0.5) is 5.69 Å². The molecule has 1 atom stereocenters. The van der Waals surface area contributed by atoms with Crippen LogP contribution < -0.4 is 5.32 Å². The first-order valence-corrected chi connectivity index (χ1v) is 7.27. The number of fused-ring (bicyclic) bond motifs is 1. The fraction of sp³-hybridized carbons (Fsp3) is 0.200. The average Bonchev–Trinajstić information content (AvgIpc) is 2.99. The minimum Gasteiger partial charge on any atom is -0.376 e. The van der Waals surface area contributed by atoms with Gasteiger partial charge >= 0.3 is 0 Å². The molecule has 1 N–H and O–H groups in total. The van der Waals surface area contributed by atoms with Crippen LogP contribution in [0.15, 0.2) is 48.0 Å². The summed E-state index contributed by atoms with van der Waals surface area (Å²) in [7, 11) is 0. The Labute approximate surface area is 116 Å². The van der Waals surface area contributed by atoms with Crippen LogP contribution in [0, 0.1) is 0 Å². The maximum Gasteiger partial charge on any atom is 0.0950 e. The number of nitrogens with zero attached hydrogens (tertiary/aromatic N) is 2. The largest absolute Gasteiger partial charge is 0.376 e. The second-order valence-electron chi connectivity index (χ2n) is 4.40. The highest BCUT2D eigenvalue weighted by Crippen LogP contribution is 2.28. The molecule has 19 heavy (non-hydrogen) atoms. The lowest BCUT2D eigenvalue weighted by atomic mass is 10.1. The smallest absolute Gasteiger partial charge is 0.0950 e. The molecule has 2 heterocycles. The maximum absolute atomic E-state index is 4.15. The molecule has 0 saturated heterocycles. The van der Waals surface area contributed by atoms with E-state index in [9.17, 15) is 0 Å². The summed E-state index contributed by atoms with van der Waals surface area (Å²) < 4.78 is 0. The van der Waals surface area contributed by atoms with Crippen molar-refractivity contribution < 1.29 is 0 Å². The van der Waals surface area contributed by atoms with Crippen molar-refractivity contribution in [2.24, 2.45) is 0 Å². The van der Waals surface area contributed by atoms with E-state index in [4.69, 9.17) is 0 Å². The van der Waals surface area contributed by atoms with Crippen molar-refractivity contribution in [3.8, 4) is 0 Å². The molecule has 0 aliphatic carbocycles. The molecule has 0 saturated carbocycles. The predicted octanol–water partition coefficient (Wildman–Crippen LogP) is 4.25. The summed E-state index contributed by atoms with van der Waals surface area (Å²) in [6.45, 7) is 2.19. The van der Waals surface area contributed by atoms with E-state index in [1.807, 2.05) is 18.2 Å². The molecular formula is C15H15N3S. The van der Waals surface area contributed by atoms with Crippen LogP contribution >= 0.6 is 11.3 Å². The van der Waals surface area contributed by atoms with E-state index in [2.05, 4.69) is 46.0 Å². The number of anilines is 1. The standard InChI is InChI=1S/C15H15N3S/c1-2-12(15-8-5-9-19-15)17-14-10-16-18-13-7-4-3-6-11(13)14/h3-10,12H,2H2,1H3,(H,17,18). The molecule has 1 unspecified atom stereocenters. The van der Waals surface area contributed by atoms with Crippen molar-refractivity contribution in [3.05, 3.63) is 52.9 Å². The van der Waals surface area contributed by atoms with Gasteiger partial charge in [-0.2, -0.15) is 10.2 Å². The van der Waals surface area contributed by atoms with Gasteiger partial charge in [-0.3, -0.25) is 0 Å². The molecule has 3 rings (SSSR count). The van der Waals surface area contributed by atoms with E-state index in [0.29, 0.717) is 6.04 Å². The van der Waals surface area contributed by atoms with Crippen molar-refractivity contribution in [1.29, 1.82) is 0 Å². The lowest BCUT2D eigenvalue weighted by molar-refractivity contribution is 0.763. The molecule has 4 heteroatoms. The fourth-order valence-corrected chi connectivity index (χ4v) is 3.03. The maximum atomic E-state index is 4.15. The lowest BCUT2D eigenvalue weighted by Gasteiger charge is -2.17. The van der Waals surface area contributed by atoms with Gasteiger partial charge in [0.05, 0.1) is 23.4 Å². The first-order valence-electron chi connectivity index (χ1n) is 6.39. The number of thiophene rings is 1. The zero-order chi connectivity index (χ0) is 13.1. The van der Waals surface area contributed by atoms with Crippen LogP contribution in [0.25, 0.3) is 10.9 Å². The van der Waals surface area contributed by atoms with Crippen LogP contribution in [-0.2, 0) is 0 Å². The summed E-state index contributed by atoms with van der Waals surface area (Å²) in [5.41, 5.74) is 1.97. The van der Waals surface area contributed by atoms with Crippen LogP contribution in [0.5, 0.6) is 0 Å². The van der Waals surface area contributed by atoms with Gasteiger partial charge in [0.25, 0.3) is 0 Å². The van der Waals surface area contributed by atoms with Crippen molar-refractivity contribution in [2.45, 2.75) is 19.4 Å². The molecule has 0 bridgehead atoms. The second-order valence-corrected chi connectivity index (χ2v) is 5.38. The summed E-state index contributed by atoms with van der Waals surface area (Å²) >= 11 is 1.78. The van der Waals surface area contributed by atoms with E-state index in [1.165, 1.54) is 4.88 Å². The zero-order valence-electron chi connectivity index (χ0n) is 10.7. The molecule has 0 aliphatic rings. The van der Waals surface area contributed by atoms with Crippen molar-refractivity contribution in [2.75, 3.05) is 5.32 Å². The number of hydrogen-bond donors (Lipinski definition) is 1. The molecule has 1 aromatic carbocycles. The normalized spacial score (nSPS) is 12.5. The van der Waals surface area contributed by atoms with Crippen LogP contribution in [0.2, 0.25) is 0 Å². The molecule has 96 valence electrons. The Morgan fingerprint density at radius 3 is 2.89 bits per heavy atom. The highest BCUT2D eigenvalue weighted by atomic mass is 32.1. The number of hydrogen-bond acceptors (Lipinski definition) is 4. The first kappa shape index (κ1) is 12.1. The molecule has 0 radical (unpaired) electrons. The molecule has 2 aromatic heterocycles. The third-order valence-electron chi connectivity index (χ3n) is 3.17. The van der Waals surface area contributed by atoms with Crippen LogP contribution in [0.1, 0.15) is 24.3 Å². The molecule has 0 fully saturated rings. The molecule has 0 spiro atoms. The molecule has 0 amide bonds. The predicted molar refractivity (Wildman–Crippen MR) is 80.5 cm³/mol. The highest BCUT2D eigenvalue weighted by molar-refractivity contribution is 7.10. The van der Waals surface area contributed by atoms with E-state index >= 15 is 0 Å². The monoisotopic (exact) mass is 269 g/mol. The third-order valence-corrected chi connectivity index (χ3v) is 4.16. The van der Waals surface area contributed by atoms with Crippen molar-refractivity contribution in [3.63, 3.8) is 0 Å². The SMILES string of the molecule is CCC(Nc1cnnc2ccccc12)c1cccs1. The Morgan fingerprint density at radius 1 is 1.21 bits per heavy atom. The van der Waals surface area contributed by atoms with Gasteiger partial charge in [0.1, 0.15) is 0 Å². The van der Waals surface area contributed by atoms with Gasteiger partial charge in [-0.15, -0.1) is 11.3 Å². The Hall–Kier alpha value is -1.94. The summed E-state index contributed by atoms with van der Waals surface area (Å²) in [5.74, 6) is 0. The Morgan fingerprint density at radius 2 is 2.11 bits per heavy atom. The number of nitrogens with one attached hydrogen (secondary N) is 1. The number of rotatable bonds is 4. The molecule has 3 aromatic rings. The van der Waals surface area contributed by atoms with Crippen LogP contribution in [-0.4, -0.2) is 10.2 Å². The quantitative estimate of drug-likeness (QED) is 0.769. The highest BCUT2D eigenvalue weighted by Gasteiger charge is 2.12. The second kappa shape index (κ2) is 5.36. The summed E-state index contributed by atoms with van der Waals surface area (Å²) in [5, 5.41) is 15.0. The first-order chi connectivity index (χ1) is 9.38. The van der Waals surface area contributed by atoms with E-state index in [-0.39, 0.29) is 0 Å². The Bertz CT molecular complexity index is 659. The zero-order valence-corrected chi connectivity index (χ0v) is 11.5. The summed E-state index contributed by atoms with van der Waals surface area (Å²) in [4.78, 5) is 1.35. The topological polar surface area (TPSA) is 37.8 Å². The molecule has 0 aliphatic heterocycles. The Kier molecular flexibility index (Phi) is 3.42. The van der Waals surface area contributed by atoms with Crippen molar-refractivity contribution >= 4 is 27.9 Å². The molecular weight excluding hydrogens is 254 g/mol. The van der Waals surface area contributed by atoms with Crippen LogP contribution in [0.3, 0.4) is 0 Å². The average molecular weight is 269 g/mol. The van der Waals surface area contributed by atoms with E-state index in [0.717, 1.165) is 23.0 Å². The fourth-order valence-electron chi connectivity index (χ4n) is 2.17. The summed E-state index contributed by atoms with van der Waals surface area (Å²) in [6, 6.07) is 12.7. The number of aromatic nitrogens is 2. The van der Waals surface area contributed by atoms with Gasteiger partial charge in [0.2, 0.25) is 0 Å². The third kappa shape index (κ3) is 2.44. The van der Waals surface area contributed by atoms with Gasteiger partial charge < -0.3 is 5.32 Å². The lowest BCUT2D eigenvalue weighted by Crippen LogP contribution is -2.09. The Balaban J connectivity index is 1.96. The number of benzene rings is 1. The molecule has 3 nitrogen and oxygen atoms in total. The van der Waals surface area contributed by atoms with Gasteiger partial charge in [-0.25, -0.2) is 0 Å². The van der Waals surface area contributed by atoms with Gasteiger partial charge in [-0.05, 0) is 23.9 Å².